The summed E-state index contributed by atoms with van der Waals surface area (Å²) in [6.45, 7) is 10.7. The Bertz CT molecular complexity index is 622. The quantitative estimate of drug-likeness (QED) is 0.936. The molecule has 0 fully saturated rings. The normalized spacial score (nSPS) is 11.7. The minimum atomic E-state index is 0.0270. The van der Waals surface area contributed by atoms with Crippen molar-refractivity contribution in [3.05, 3.63) is 29.2 Å². The zero-order valence-electron chi connectivity index (χ0n) is 13.9. The lowest BCUT2D eigenvalue weighted by atomic mass is 9.92. The molecule has 0 bridgehead atoms. The number of aromatic nitrogens is 4. The van der Waals surface area contributed by atoms with E-state index in [-0.39, 0.29) is 5.41 Å². The van der Waals surface area contributed by atoms with Gasteiger partial charge in [-0.25, -0.2) is 9.97 Å². The summed E-state index contributed by atoms with van der Waals surface area (Å²) in [5, 5.41) is 7.82. The van der Waals surface area contributed by atoms with Gasteiger partial charge in [-0.2, -0.15) is 5.10 Å². The van der Waals surface area contributed by atoms with Gasteiger partial charge < -0.3 is 5.32 Å². The fourth-order valence-corrected chi connectivity index (χ4v) is 2.17. The standard InChI is InChI=1S/C16H25N5/c1-7-11-10-17-15(18-12(11)8-2)19-14-9-13(16(3,4)5)20-21(14)6/h9-10H,7-8H2,1-6H3,(H,17,18,19). The van der Waals surface area contributed by atoms with Gasteiger partial charge in [-0.1, -0.05) is 34.6 Å². The molecule has 21 heavy (non-hydrogen) atoms. The van der Waals surface area contributed by atoms with Crippen LogP contribution in [0.15, 0.2) is 12.3 Å². The first-order valence-electron chi connectivity index (χ1n) is 7.51. The monoisotopic (exact) mass is 287 g/mol. The Hall–Kier alpha value is -1.91. The molecule has 5 nitrogen and oxygen atoms in total. The van der Waals surface area contributed by atoms with Crippen LogP contribution < -0.4 is 5.32 Å². The first-order chi connectivity index (χ1) is 9.85. The van der Waals surface area contributed by atoms with Gasteiger partial charge in [-0.15, -0.1) is 0 Å². The molecule has 114 valence electrons. The molecule has 5 heteroatoms. The molecule has 0 unspecified atom stereocenters. The third kappa shape index (κ3) is 3.40. The van der Waals surface area contributed by atoms with Crippen LogP contribution in [-0.2, 0) is 25.3 Å². The first kappa shape index (κ1) is 15.5. The van der Waals surface area contributed by atoms with Crippen molar-refractivity contribution >= 4 is 11.8 Å². The van der Waals surface area contributed by atoms with Gasteiger partial charge in [-0.05, 0) is 18.4 Å². The number of aryl methyl sites for hydroxylation is 3. The molecule has 0 aliphatic carbocycles. The van der Waals surface area contributed by atoms with Crippen molar-refractivity contribution in [2.45, 2.75) is 52.9 Å². The molecule has 1 N–H and O–H groups in total. The lowest BCUT2D eigenvalue weighted by Gasteiger charge is -2.13. The Kier molecular flexibility index (Phi) is 4.30. The smallest absolute Gasteiger partial charge is 0.228 e. The molecular weight excluding hydrogens is 262 g/mol. The van der Waals surface area contributed by atoms with E-state index < -0.39 is 0 Å². The average molecular weight is 287 g/mol. The molecular formula is C16H25N5. The van der Waals surface area contributed by atoms with Crippen LogP contribution in [0.1, 0.15) is 51.6 Å². The minimum Gasteiger partial charge on any atom is -0.309 e. The molecule has 0 aliphatic heterocycles. The van der Waals surface area contributed by atoms with E-state index in [0.717, 1.165) is 30.0 Å². The van der Waals surface area contributed by atoms with Gasteiger partial charge in [0, 0.05) is 30.4 Å². The van der Waals surface area contributed by atoms with E-state index in [1.165, 1.54) is 5.56 Å². The summed E-state index contributed by atoms with van der Waals surface area (Å²) in [5.41, 5.74) is 3.39. The van der Waals surface area contributed by atoms with Crippen molar-refractivity contribution in [3.8, 4) is 0 Å². The van der Waals surface area contributed by atoms with Crippen molar-refractivity contribution in [2.24, 2.45) is 7.05 Å². The van der Waals surface area contributed by atoms with Gasteiger partial charge >= 0.3 is 0 Å². The van der Waals surface area contributed by atoms with E-state index in [4.69, 9.17) is 0 Å². The van der Waals surface area contributed by atoms with Crippen LogP contribution in [0.2, 0.25) is 0 Å². The highest BCUT2D eigenvalue weighted by Crippen LogP contribution is 2.24. The van der Waals surface area contributed by atoms with Crippen LogP contribution in [0.5, 0.6) is 0 Å². The Morgan fingerprint density at radius 3 is 2.43 bits per heavy atom. The second kappa shape index (κ2) is 5.84. The van der Waals surface area contributed by atoms with Crippen LogP contribution in [0.3, 0.4) is 0 Å². The van der Waals surface area contributed by atoms with Gasteiger partial charge in [0.05, 0.1) is 5.69 Å². The molecule has 2 rings (SSSR count). The lowest BCUT2D eigenvalue weighted by Crippen LogP contribution is -2.12. The van der Waals surface area contributed by atoms with E-state index in [1.54, 1.807) is 0 Å². The van der Waals surface area contributed by atoms with Crippen LogP contribution in [0.4, 0.5) is 11.8 Å². The largest absolute Gasteiger partial charge is 0.309 e. The summed E-state index contributed by atoms with van der Waals surface area (Å²) in [7, 11) is 1.93. The molecule has 0 aromatic carbocycles. The van der Waals surface area contributed by atoms with E-state index in [9.17, 15) is 0 Å². The van der Waals surface area contributed by atoms with Crippen LogP contribution in [0.25, 0.3) is 0 Å². The second-order valence-corrected chi connectivity index (χ2v) is 6.29. The molecule has 0 saturated carbocycles. The Balaban J connectivity index is 2.28. The summed E-state index contributed by atoms with van der Waals surface area (Å²) >= 11 is 0. The van der Waals surface area contributed by atoms with E-state index in [0.29, 0.717) is 5.95 Å². The Morgan fingerprint density at radius 1 is 1.19 bits per heavy atom. The van der Waals surface area contributed by atoms with Crippen molar-refractivity contribution in [1.29, 1.82) is 0 Å². The summed E-state index contributed by atoms with van der Waals surface area (Å²) in [6.07, 6.45) is 3.79. The van der Waals surface area contributed by atoms with Crippen LogP contribution in [0, 0.1) is 0 Å². The fourth-order valence-electron chi connectivity index (χ4n) is 2.17. The molecule has 0 atom stereocenters. The maximum absolute atomic E-state index is 4.61. The third-order valence-electron chi connectivity index (χ3n) is 3.56. The molecule has 0 amide bonds. The lowest BCUT2D eigenvalue weighted by molar-refractivity contribution is 0.553. The summed E-state index contributed by atoms with van der Waals surface area (Å²) in [5.74, 6) is 1.54. The first-order valence-corrected chi connectivity index (χ1v) is 7.51. The Labute approximate surface area is 126 Å². The van der Waals surface area contributed by atoms with Gasteiger partial charge in [0.1, 0.15) is 5.82 Å². The van der Waals surface area contributed by atoms with E-state index >= 15 is 0 Å². The number of hydrogen-bond acceptors (Lipinski definition) is 4. The number of nitrogens with one attached hydrogen (secondary N) is 1. The Morgan fingerprint density at radius 2 is 1.90 bits per heavy atom. The predicted molar refractivity (Wildman–Crippen MR) is 86.0 cm³/mol. The summed E-state index contributed by atoms with van der Waals surface area (Å²) < 4.78 is 1.84. The second-order valence-electron chi connectivity index (χ2n) is 6.29. The van der Waals surface area contributed by atoms with Crippen molar-refractivity contribution in [2.75, 3.05) is 5.32 Å². The highest BCUT2D eigenvalue weighted by Gasteiger charge is 2.19. The van der Waals surface area contributed by atoms with Crippen molar-refractivity contribution < 1.29 is 0 Å². The fraction of sp³-hybridized carbons (Fsp3) is 0.562. The van der Waals surface area contributed by atoms with Crippen molar-refractivity contribution in [1.82, 2.24) is 19.7 Å². The van der Waals surface area contributed by atoms with Gasteiger partial charge in [-0.3, -0.25) is 4.68 Å². The van der Waals surface area contributed by atoms with Crippen LogP contribution >= 0.6 is 0 Å². The maximum Gasteiger partial charge on any atom is 0.228 e. The van der Waals surface area contributed by atoms with E-state index in [1.807, 2.05) is 17.9 Å². The number of nitrogens with zero attached hydrogens (tertiary/aromatic N) is 4. The summed E-state index contributed by atoms with van der Waals surface area (Å²) in [4.78, 5) is 9.01. The topological polar surface area (TPSA) is 55.6 Å². The van der Waals surface area contributed by atoms with Gasteiger partial charge in [0.2, 0.25) is 5.95 Å². The zero-order valence-corrected chi connectivity index (χ0v) is 13.9. The van der Waals surface area contributed by atoms with Crippen LogP contribution in [-0.4, -0.2) is 19.7 Å². The average Bonchev–Trinajstić information content (AvgIpc) is 2.80. The number of hydrogen-bond donors (Lipinski definition) is 1. The highest BCUT2D eigenvalue weighted by atomic mass is 15.3. The predicted octanol–water partition coefficient (Wildman–Crippen LogP) is 3.38. The molecule has 0 saturated heterocycles. The molecule has 2 heterocycles. The SMILES string of the molecule is CCc1cnc(Nc2cc(C(C)(C)C)nn2C)nc1CC. The summed E-state index contributed by atoms with van der Waals surface area (Å²) in [6, 6.07) is 2.06. The number of anilines is 2. The van der Waals surface area contributed by atoms with Gasteiger partial charge in [0.15, 0.2) is 0 Å². The van der Waals surface area contributed by atoms with Gasteiger partial charge in [0.25, 0.3) is 0 Å². The highest BCUT2D eigenvalue weighted by molar-refractivity contribution is 5.50. The number of rotatable bonds is 4. The molecule has 0 spiro atoms. The molecule has 0 radical (unpaired) electrons. The zero-order chi connectivity index (χ0) is 15.6. The molecule has 2 aromatic rings. The van der Waals surface area contributed by atoms with Crippen molar-refractivity contribution in [3.63, 3.8) is 0 Å². The third-order valence-corrected chi connectivity index (χ3v) is 3.56. The van der Waals surface area contributed by atoms with E-state index in [2.05, 4.69) is 61.1 Å². The minimum absolute atomic E-state index is 0.0270. The molecule has 0 aliphatic rings. The molecule has 2 aromatic heterocycles. The maximum atomic E-state index is 4.61.